The molecule has 0 bridgehead atoms. The fourth-order valence-corrected chi connectivity index (χ4v) is 5.21. The van der Waals surface area contributed by atoms with E-state index in [0.29, 0.717) is 16.3 Å². The third-order valence-corrected chi connectivity index (χ3v) is 7.05. The largest absolute Gasteiger partial charge is 0.297 e. The molecule has 4 aromatic rings. The van der Waals surface area contributed by atoms with Gasteiger partial charge in [-0.25, -0.2) is 13.4 Å². The van der Waals surface area contributed by atoms with E-state index in [1.807, 2.05) is 34.3 Å². The van der Waals surface area contributed by atoms with Gasteiger partial charge < -0.3 is 0 Å². The Bertz CT molecular complexity index is 1220. The molecular formula is C18H13Cl2N3O2S2. The van der Waals surface area contributed by atoms with Crippen LogP contribution in [0, 0.1) is 6.92 Å². The van der Waals surface area contributed by atoms with E-state index in [1.54, 1.807) is 30.4 Å². The summed E-state index contributed by atoms with van der Waals surface area (Å²) in [5.41, 5.74) is 2.79. The van der Waals surface area contributed by atoms with E-state index >= 15 is 0 Å². The number of rotatable bonds is 4. The predicted molar refractivity (Wildman–Crippen MR) is 111 cm³/mol. The molecule has 0 saturated carbocycles. The molecule has 2 aromatic carbocycles. The molecule has 0 radical (unpaired) electrons. The van der Waals surface area contributed by atoms with Crippen molar-refractivity contribution < 1.29 is 8.42 Å². The Kier molecular flexibility index (Phi) is 4.63. The van der Waals surface area contributed by atoms with Crippen LogP contribution >= 0.6 is 34.5 Å². The molecule has 0 unspecified atom stereocenters. The average Bonchev–Trinajstić information content (AvgIpc) is 3.20. The normalized spacial score (nSPS) is 11.8. The second kappa shape index (κ2) is 6.83. The second-order valence-corrected chi connectivity index (χ2v) is 9.27. The molecule has 0 amide bonds. The van der Waals surface area contributed by atoms with Gasteiger partial charge in [-0.15, -0.1) is 11.3 Å². The van der Waals surface area contributed by atoms with Gasteiger partial charge in [0.15, 0.2) is 4.96 Å². The van der Waals surface area contributed by atoms with Gasteiger partial charge in [0.25, 0.3) is 10.0 Å². The zero-order chi connectivity index (χ0) is 19.2. The molecule has 2 aromatic heterocycles. The zero-order valence-corrected chi connectivity index (χ0v) is 17.1. The molecule has 2 heterocycles. The van der Waals surface area contributed by atoms with E-state index < -0.39 is 10.0 Å². The van der Waals surface area contributed by atoms with Gasteiger partial charge in [0.2, 0.25) is 0 Å². The molecule has 5 nitrogen and oxygen atoms in total. The van der Waals surface area contributed by atoms with Crippen molar-refractivity contribution in [3.8, 4) is 11.3 Å². The van der Waals surface area contributed by atoms with Crippen molar-refractivity contribution in [1.82, 2.24) is 9.38 Å². The number of nitrogens with one attached hydrogen (secondary N) is 1. The van der Waals surface area contributed by atoms with Gasteiger partial charge in [0.05, 0.1) is 10.7 Å². The van der Waals surface area contributed by atoms with Crippen LogP contribution in [0.2, 0.25) is 10.0 Å². The first kappa shape index (κ1) is 18.3. The first-order valence-electron chi connectivity index (χ1n) is 7.84. The van der Waals surface area contributed by atoms with Gasteiger partial charge in [-0.3, -0.25) is 9.12 Å². The van der Waals surface area contributed by atoms with Crippen LogP contribution in [0.4, 0.5) is 5.69 Å². The van der Waals surface area contributed by atoms with Gasteiger partial charge in [-0.05, 0) is 36.8 Å². The Balaban J connectivity index is 1.61. The summed E-state index contributed by atoms with van der Waals surface area (Å²) >= 11 is 13.6. The van der Waals surface area contributed by atoms with Crippen LogP contribution in [0.5, 0.6) is 0 Å². The predicted octanol–water partition coefficient (Wildman–Crippen LogP) is 5.48. The molecule has 0 aliphatic heterocycles. The third-order valence-electron chi connectivity index (χ3n) is 4.03. The first-order chi connectivity index (χ1) is 12.8. The fraction of sp³-hybridized carbons (Fsp3) is 0.0556. The Morgan fingerprint density at radius 1 is 1.11 bits per heavy atom. The van der Waals surface area contributed by atoms with Crippen LogP contribution in [0.25, 0.3) is 16.2 Å². The van der Waals surface area contributed by atoms with E-state index in [0.717, 1.165) is 16.2 Å². The van der Waals surface area contributed by atoms with E-state index in [1.165, 1.54) is 12.1 Å². The minimum atomic E-state index is -3.83. The van der Waals surface area contributed by atoms with Crippen LogP contribution in [-0.2, 0) is 10.0 Å². The number of anilines is 1. The molecule has 4 rings (SSSR count). The van der Waals surface area contributed by atoms with Crippen molar-refractivity contribution in [2.24, 2.45) is 0 Å². The number of sulfonamides is 1. The number of nitrogens with zero attached hydrogens (tertiary/aromatic N) is 2. The number of imidazole rings is 1. The number of fused-ring (bicyclic) bond motifs is 1. The van der Waals surface area contributed by atoms with Gasteiger partial charge in [0, 0.05) is 34.0 Å². The highest BCUT2D eigenvalue weighted by atomic mass is 35.5. The summed E-state index contributed by atoms with van der Waals surface area (Å²) in [5.74, 6) is 0. The van der Waals surface area contributed by atoms with Crippen molar-refractivity contribution in [1.29, 1.82) is 0 Å². The van der Waals surface area contributed by atoms with Crippen LogP contribution < -0.4 is 4.72 Å². The lowest BCUT2D eigenvalue weighted by Crippen LogP contribution is -2.13. The van der Waals surface area contributed by atoms with Crippen molar-refractivity contribution in [3.63, 3.8) is 0 Å². The smallest absolute Gasteiger partial charge is 0.263 e. The molecule has 0 fully saturated rings. The lowest BCUT2D eigenvalue weighted by atomic mass is 10.1. The molecule has 138 valence electrons. The van der Waals surface area contributed by atoms with Crippen molar-refractivity contribution >= 4 is 55.2 Å². The Hall–Kier alpha value is -2.06. The fourth-order valence-electron chi connectivity index (χ4n) is 2.62. The summed E-state index contributed by atoms with van der Waals surface area (Å²) in [6, 6.07) is 9.91. The molecule has 1 N–H and O–H groups in total. The molecule has 0 aliphatic carbocycles. The molecule has 27 heavy (non-hydrogen) atoms. The second-order valence-electron chi connectivity index (χ2n) is 5.93. The van der Waals surface area contributed by atoms with Crippen LogP contribution in [0.1, 0.15) is 5.56 Å². The van der Waals surface area contributed by atoms with Crippen LogP contribution in [-0.4, -0.2) is 17.8 Å². The maximum atomic E-state index is 12.7. The maximum Gasteiger partial charge on any atom is 0.263 e. The summed E-state index contributed by atoms with van der Waals surface area (Å²) in [6.07, 6.45) is 3.87. The molecule has 9 heteroatoms. The number of hydrogen-bond acceptors (Lipinski definition) is 4. The summed E-state index contributed by atoms with van der Waals surface area (Å²) in [6.45, 7) is 1.72. The molecule has 0 aliphatic rings. The quantitative estimate of drug-likeness (QED) is 0.459. The molecule has 0 spiro atoms. The number of aromatic nitrogens is 2. The van der Waals surface area contributed by atoms with Crippen molar-refractivity contribution in [2.75, 3.05) is 4.72 Å². The zero-order valence-electron chi connectivity index (χ0n) is 14.0. The number of halogens is 2. The van der Waals surface area contributed by atoms with Gasteiger partial charge in [-0.1, -0.05) is 35.3 Å². The number of thiazole rings is 1. The highest BCUT2D eigenvalue weighted by Gasteiger charge is 2.19. The first-order valence-corrected chi connectivity index (χ1v) is 11.0. The Labute approximate surface area is 170 Å². The lowest BCUT2D eigenvalue weighted by molar-refractivity contribution is 0.601. The molecular weight excluding hydrogens is 425 g/mol. The SMILES string of the molecule is Cc1cc(S(=O)(=O)Nc2ccc(-c3cn4ccsc4n3)cc2)c(Cl)cc1Cl. The Morgan fingerprint density at radius 3 is 2.56 bits per heavy atom. The highest BCUT2D eigenvalue weighted by Crippen LogP contribution is 2.30. The lowest BCUT2D eigenvalue weighted by Gasteiger charge is -2.11. The molecule has 0 saturated heterocycles. The average molecular weight is 438 g/mol. The van der Waals surface area contributed by atoms with Gasteiger partial charge in [0.1, 0.15) is 4.90 Å². The van der Waals surface area contributed by atoms with E-state index in [9.17, 15) is 8.42 Å². The Morgan fingerprint density at radius 2 is 1.85 bits per heavy atom. The van der Waals surface area contributed by atoms with E-state index in [-0.39, 0.29) is 9.92 Å². The van der Waals surface area contributed by atoms with Crippen molar-refractivity contribution in [2.45, 2.75) is 11.8 Å². The maximum absolute atomic E-state index is 12.7. The standard InChI is InChI=1S/C18H13Cl2N3O2S2/c1-11-8-17(15(20)9-14(11)19)27(24,25)22-13-4-2-12(3-5-13)16-10-23-6-7-26-18(23)21-16/h2-10,22H,1H3. The van der Waals surface area contributed by atoms with E-state index in [2.05, 4.69) is 9.71 Å². The highest BCUT2D eigenvalue weighted by molar-refractivity contribution is 7.92. The summed E-state index contributed by atoms with van der Waals surface area (Å²) in [4.78, 5) is 5.43. The minimum Gasteiger partial charge on any atom is -0.297 e. The summed E-state index contributed by atoms with van der Waals surface area (Å²) in [7, 11) is -3.83. The third kappa shape index (κ3) is 3.55. The van der Waals surface area contributed by atoms with Crippen LogP contribution in [0.15, 0.2) is 59.1 Å². The molecule has 0 atom stereocenters. The summed E-state index contributed by atoms with van der Waals surface area (Å²) in [5, 5.41) is 2.46. The topological polar surface area (TPSA) is 63.5 Å². The number of benzene rings is 2. The monoisotopic (exact) mass is 437 g/mol. The van der Waals surface area contributed by atoms with Crippen molar-refractivity contribution in [3.05, 3.63) is 69.8 Å². The summed E-state index contributed by atoms with van der Waals surface area (Å²) < 4.78 is 29.8. The minimum absolute atomic E-state index is 0.00974. The van der Waals surface area contributed by atoms with Crippen LogP contribution in [0.3, 0.4) is 0 Å². The van der Waals surface area contributed by atoms with Gasteiger partial charge >= 0.3 is 0 Å². The number of aryl methyl sites for hydroxylation is 1. The number of hydrogen-bond donors (Lipinski definition) is 1. The van der Waals surface area contributed by atoms with Gasteiger partial charge in [-0.2, -0.15) is 0 Å². The van der Waals surface area contributed by atoms with E-state index in [4.69, 9.17) is 23.2 Å².